The number of allylic oxidation sites excluding steroid dienone is 4. The predicted octanol–water partition coefficient (Wildman–Crippen LogP) is 6.81. The average Bonchev–Trinajstić information content (AvgIpc) is 3.41. The molecule has 2 aliphatic carbocycles. The van der Waals surface area contributed by atoms with Gasteiger partial charge in [-0.3, -0.25) is 9.59 Å². The maximum atomic E-state index is 13.8. The van der Waals surface area contributed by atoms with Crippen molar-refractivity contribution < 1.29 is 14.3 Å². The van der Waals surface area contributed by atoms with E-state index in [1.54, 1.807) is 7.11 Å². The normalized spacial score (nSPS) is 22.0. The molecule has 2 aromatic carbocycles. The number of rotatable bonds is 4. The van der Waals surface area contributed by atoms with Gasteiger partial charge in [0.15, 0.2) is 11.6 Å². The summed E-state index contributed by atoms with van der Waals surface area (Å²) in [5.41, 5.74) is 2.19. The molecule has 172 valence electrons. The number of hydrogen-bond donors (Lipinski definition) is 0. The maximum Gasteiger partial charge on any atom is 0.185 e. The van der Waals surface area contributed by atoms with E-state index >= 15 is 0 Å². The van der Waals surface area contributed by atoms with Crippen LogP contribution in [0.15, 0.2) is 77.9 Å². The van der Waals surface area contributed by atoms with Crippen molar-refractivity contribution in [1.29, 1.82) is 0 Å². The second-order valence-corrected chi connectivity index (χ2v) is 11.4. The summed E-state index contributed by atoms with van der Waals surface area (Å²) in [5, 5.41) is 0. The Morgan fingerprint density at radius 3 is 1.94 bits per heavy atom. The number of ether oxygens (including phenoxy) is 1. The van der Waals surface area contributed by atoms with Crippen LogP contribution in [0, 0.1) is 22.2 Å². The molecule has 0 bridgehead atoms. The molecule has 0 amide bonds. The van der Waals surface area contributed by atoms with E-state index in [0.717, 1.165) is 22.5 Å². The number of carbonyl (C=O) groups is 2. The predicted molar refractivity (Wildman–Crippen MR) is 133 cm³/mol. The van der Waals surface area contributed by atoms with E-state index in [-0.39, 0.29) is 34.2 Å². The summed E-state index contributed by atoms with van der Waals surface area (Å²) in [6, 6.07) is 17.5. The lowest BCUT2D eigenvalue weighted by molar-refractivity contribution is -0.114. The van der Waals surface area contributed by atoms with Crippen molar-refractivity contribution in [1.82, 2.24) is 0 Å². The summed E-state index contributed by atoms with van der Waals surface area (Å²) < 4.78 is 5.49. The highest BCUT2D eigenvalue weighted by Gasteiger charge is 2.67. The van der Waals surface area contributed by atoms with Crippen molar-refractivity contribution in [3.05, 3.63) is 89.0 Å². The van der Waals surface area contributed by atoms with E-state index < -0.39 is 5.41 Å². The zero-order valence-electron chi connectivity index (χ0n) is 20.7. The topological polar surface area (TPSA) is 43.4 Å². The standard InChI is InChI=1S/C30H34O3/c1-28(2,3)22-17-30(18-23(27(22)32)29(4,5)6)24(20-14-11-15-21(16-20)33-7)25(30)26(31)19-12-9-8-10-13-19/h8-18,24-25H,1-7H3/t24-,25+/m1/s1. The summed E-state index contributed by atoms with van der Waals surface area (Å²) >= 11 is 0. The molecule has 1 saturated carbocycles. The van der Waals surface area contributed by atoms with Gasteiger partial charge < -0.3 is 4.74 Å². The van der Waals surface area contributed by atoms with Gasteiger partial charge in [-0.05, 0) is 28.5 Å². The van der Waals surface area contributed by atoms with Crippen molar-refractivity contribution in [3.8, 4) is 5.75 Å². The van der Waals surface area contributed by atoms with Gasteiger partial charge in [-0.2, -0.15) is 0 Å². The second-order valence-electron chi connectivity index (χ2n) is 11.4. The molecule has 0 unspecified atom stereocenters. The third kappa shape index (κ3) is 3.99. The minimum atomic E-state index is -0.529. The third-order valence-electron chi connectivity index (χ3n) is 6.99. The molecule has 2 atom stereocenters. The van der Waals surface area contributed by atoms with Crippen LogP contribution < -0.4 is 4.74 Å². The van der Waals surface area contributed by atoms with E-state index in [1.165, 1.54) is 0 Å². The number of benzene rings is 2. The SMILES string of the molecule is COc1cccc([C@@H]2[C@@H](C(=O)c3ccccc3)C23C=C(C(C)(C)C)C(=O)C(C(C)(C)C)=C3)c1. The number of ketones is 2. The molecular formula is C30H34O3. The largest absolute Gasteiger partial charge is 0.497 e. The van der Waals surface area contributed by atoms with Crippen LogP contribution in [0.25, 0.3) is 0 Å². The zero-order valence-corrected chi connectivity index (χ0v) is 20.7. The number of Topliss-reactive ketones (excluding diaryl/α,β-unsaturated/α-hetero) is 2. The van der Waals surface area contributed by atoms with Crippen molar-refractivity contribution in [2.24, 2.45) is 22.2 Å². The van der Waals surface area contributed by atoms with E-state index in [0.29, 0.717) is 5.56 Å². The van der Waals surface area contributed by atoms with Crippen LogP contribution >= 0.6 is 0 Å². The fourth-order valence-corrected chi connectivity index (χ4v) is 5.19. The molecule has 0 aromatic heterocycles. The quantitative estimate of drug-likeness (QED) is 0.489. The molecule has 0 aliphatic heterocycles. The van der Waals surface area contributed by atoms with Gasteiger partial charge in [0.2, 0.25) is 0 Å². The molecule has 1 fully saturated rings. The van der Waals surface area contributed by atoms with Gasteiger partial charge in [-0.25, -0.2) is 0 Å². The van der Waals surface area contributed by atoms with Crippen molar-refractivity contribution in [3.63, 3.8) is 0 Å². The van der Waals surface area contributed by atoms with Gasteiger partial charge >= 0.3 is 0 Å². The summed E-state index contributed by atoms with van der Waals surface area (Å²) in [4.78, 5) is 27.4. The molecule has 2 aromatic rings. The number of hydrogen-bond acceptors (Lipinski definition) is 3. The molecule has 33 heavy (non-hydrogen) atoms. The number of methoxy groups -OCH3 is 1. The number of carbonyl (C=O) groups excluding carboxylic acids is 2. The Balaban J connectivity index is 1.94. The highest BCUT2D eigenvalue weighted by molar-refractivity contribution is 6.12. The highest BCUT2D eigenvalue weighted by Crippen LogP contribution is 2.70. The first-order valence-electron chi connectivity index (χ1n) is 11.6. The summed E-state index contributed by atoms with van der Waals surface area (Å²) in [7, 11) is 1.66. The fraction of sp³-hybridized carbons (Fsp3) is 0.400. The van der Waals surface area contributed by atoms with Gasteiger partial charge in [0, 0.05) is 34.0 Å². The lowest BCUT2D eigenvalue weighted by atomic mass is 9.69. The molecule has 1 spiro atoms. The van der Waals surface area contributed by atoms with Gasteiger partial charge in [-0.15, -0.1) is 0 Å². The van der Waals surface area contributed by atoms with Crippen LogP contribution in [-0.2, 0) is 4.79 Å². The lowest BCUT2D eigenvalue weighted by Crippen LogP contribution is -2.31. The Morgan fingerprint density at radius 1 is 0.848 bits per heavy atom. The Morgan fingerprint density at radius 2 is 1.42 bits per heavy atom. The molecule has 0 radical (unpaired) electrons. The molecule has 3 heteroatoms. The minimum Gasteiger partial charge on any atom is -0.497 e. The Hall–Kier alpha value is -2.94. The first kappa shape index (κ1) is 23.2. The van der Waals surface area contributed by atoms with Crippen molar-refractivity contribution >= 4 is 11.6 Å². The molecule has 0 heterocycles. The third-order valence-corrected chi connectivity index (χ3v) is 6.99. The lowest BCUT2D eigenvalue weighted by Gasteiger charge is -2.34. The zero-order chi connectivity index (χ0) is 24.2. The van der Waals surface area contributed by atoms with E-state index in [4.69, 9.17) is 4.74 Å². The summed E-state index contributed by atoms with van der Waals surface area (Å²) in [5.74, 6) is 0.667. The monoisotopic (exact) mass is 442 g/mol. The van der Waals surface area contributed by atoms with Gasteiger partial charge in [0.1, 0.15) is 5.75 Å². The van der Waals surface area contributed by atoms with Crippen LogP contribution in [0.1, 0.15) is 63.4 Å². The molecule has 0 saturated heterocycles. The molecular weight excluding hydrogens is 408 g/mol. The second kappa shape index (κ2) is 7.83. The van der Waals surface area contributed by atoms with Crippen LogP contribution in [-0.4, -0.2) is 18.7 Å². The maximum absolute atomic E-state index is 13.8. The molecule has 0 N–H and O–H groups in total. The minimum absolute atomic E-state index is 0.0527. The Bertz CT molecular complexity index is 1120. The smallest absolute Gasteiger partial charge is 0.185 e. The van der Waals surface area contributed by atoms with Crippen molar-refractivity contribution in [2.45, 2.75) is 47.5 Å². The van der Waals surface area contributed by atoms with Crippen LogP contribution in [0.4, 0.5) is 0 Å². The van der Waals surface area contributed by atoms with E-state index in [9.17, 15) is 9.59 Å². The Labute approximate surface area is 197 Å². The van der Waals surface area contributed by atoms with Crippen LogP contribution in [0.5, 0.6) is 5.75 Å². The molecule has 2 aliphatic rings. The van der Waals surface area contributed by atoms with E-state index in [1.807, 2.05) is 48.5 Å². The summed E-state index contributed by atoms with van der Waals surface area (Å²) in [6.07, 6.45) is 4.22. The first-order chi connectivity index (χ1) is 15.4. The molecule has 3 nitrogen and oxygen atoms in total. The summed E-state index contributed by atoms with van der Waals surface area (Å²) in [6.45, 7) is 12.5. The van der Waals surface area contributed by atoms with Gasteiger partial charge in [0.25, 0.3) is 0 Å². The highest BCUT2D eigenvalue weighted by atomic mass is 16.5. The van der Waals surface area contributed by atoms with Crippen LogP contribution in [0.2, 0.25) is 0 Å². The van der Waals surface area contributed by atoms with E-state index in [2.05, 4.69) is 59.8 Å². The molecule has 4 rings (SSSR count). The van der Waals surface area contributed by atoms with Crippen LogP contribution in [0.3, 0.4) is 0 Å². The van der Waals surface area contributed by atoms with Crippen molar-refractivity contribution in [2.75, 3.05) is 7.11 Å². The van der Waals surface area contributed by atoms with Gasteiger partial charge in [-0.1, -0.05) is 96.2 Å². The fourth-order valence-electron chi connectivity index (χ4n) is 5.19. The Kier molecular flexibility index (Phi) is 5.51. The van der Waals surface area contributed by atoms with Gasteiger partial charge in [0.05, 0.1) is 7.11 Å². The average molecular weight is 443 g/mol. The first-order valence-corrected chi connectivity index (χ1v) is 11.6.